The second kappa shape index (κ2) is 5.29. The van der Waals surface area contributed by atoms with Crippen molar-refractivity contribution in [3.63, 3.8) is 0 Å². The van der Waals surface area contributed by atoms with Gasteiger partial charge in [-0.3, -0.25) is 10.0 Å². The van der Waals surface area contributed by atoms with Crippen molar-refractivity contribution in [1.82, 2.24) is 5.48 Å². The molecule has 0 fully saturated rings. The highest BCUT2D eigenvalue weighted by Gasteiger charge is 1.97. The van der Waals surface area contributed by atoms with Gasteiger partial charge in [0.2, 0.25) is 0 Å². The van der Waals surface area contributed by atoms with E-state index in [9.17, 15) is 4.79 Å². The third kappa shape index (κ3) is 3.19. The molecule has 15 heavy (non-hydrogen) atoms. The first-order valence-corrected chi connectivity index (χ1v) is 4.50. The van der Waals surface area contributed by atoms with E-state index in [1.54, 1.807) is 18.2 Å². The Balaban J connectivity index is 2.84. The van der Waals surface area contributed by atoms with Crippen LogP contribution in [0.4, 0.5) is 0 Å². The Bertz CT molecular complexity index is 385. The van der Waals surface area contributed by atoms with E-state index >= 15 is 0 Å². The van der Waals surface area contributed by atoms with Crippen LogP contribution in [0.3, 0.4) is 0 Å². The molecule has 4 nitrogen and oxygen atoms in total. The molecule has 0 aliphatic carbocycles. The van der Waals surface area contributed by atoms with E-state index in [-0.39, 0.29) is 6.61 Å². The van der Waals surface area contributed by atoms with E-state index < -0.39 is 5.91 Å². The molecule has 0 unspecified atom stereocenters. The van der Waals surface area contributed by atoms with E-state index in [4.69, 9.17) is 10.3 Å². The van der Waals surface area contributed by atoms with Crippen molar-refractivity contribution >= 4 is 12.0 Å². The van der Waals surface area contributed by atoms with Gasteiger partial charge in [0.25, 0.3) is 5.91 Å². The zero-order valence-corrected chi connectivity index (χ0v) is 8.40. The van der Waals surface area contributed by atoms with Gasteiger partial charge in [0, 0.05) is 6.08 Å². The van der Waals surface area contributed by atoms with Crippen molar-refractivity contribution in [3.8, 4) is 0 Å². The third-order valence-corrected chi connectivity index (χ3v) is 2.07. The maximum atomic E-state index is 10.7. The molecule has 0 bridgehead atoms. The number of nitrogens with one attached hydrogen (secondary N) is 1. The fourth-order valence-electron chi connectivity index (χ4n) is 1.21. The molecule has 1 rings (SSSR count). The normalized spacial score (nSPS) is 10.6. The fraction of sp³-hybridized carbons (Fsp3) is 0.182. The Hall–Kier alpha value is -1.65. The average Bonchev–Trinajstić information content (AvgIpc) is 2.26. The molecule has 0 saturated heterocycles. The summed E-state index contributed by atoms with van der Waals surface area (Å²) in [5.74, 6) is -0.570. The number of hydrogen-bond acceptors (Lipinski definition) is 3. The minimum absolute atomic E-state index is 0.00690. The van der Waals surface area contributed by atoms with Crippen molar-refractivity contribution in [2.24, 2.45) is 0 Å². The molecule has 0 aliphatic rings. The first-order valence-electron chi connectivity index (χ1n) is 4.50. The van der Waals surface area contributed by atoms with E-state index in [0.717, 1.165) is 16.7 Å². The van der Waals surface area contributed by atoms with Crippen LogP contribution < -0.4 is 5.48 Å². The van der Waals surface area contributed by atoms with E-state index in [1.807, 2.05) is 13.0 Å². The molecular formula is C11H13NO3. The number of aliphatic hydroxyl groups excluding tert-OH is 1. The average molecular weight is 207 g/mol. The summed E-state index contributed by atoms with van der Waals surface area (Å²) in [6, 6.07) is 5.44. The first kappa shape index (κ1) is 11.4. The molecule has 0 spiro atoms. The second-order valence-corrected chi connectivity index (χ2v) is 3.15. The van der Waals surface area contributed by atoms with Gasteiger partial charge in [0.15, 0.2) is 0 Å². The van der Waals surface area contributed by atoms with Gasteiger partial charge in [-0.15, -0.1) is 0 Å². The number of rotatable bonds is 3. The lowest BCUT2D eigenvalue weighted by Crippen LogP contribution is -2.14. The fourth-order valence-corrected chi connectivity index (χ4v) is 1.21. The van der Waals surface area contributed by atoms with Crippen LogP contribution in [0.1, 0.15) is 16.7 Å². The minimum atomic E-state index is -0.570. The van der Waals surface area contributed by atoms with Crippen LogP contribution in [0, 0.1) is 6.92 Å². The molecule has 4 heteroatoms. The summed E-state index contributed by atoms with van der Waals surface area (Å²) in [6.07, 6.45) is 2.81. The van der Waals surface area contributed by atoms with Crippen molar-refractivity contribution in [2.45, 2.75) is 13.5 Å². The first-order chi connectivity index (χ1) is 7.17. The Kier molecular flexibility index (Phi) is 4.03. The highest BCUT2D eigenvalue weighted by atomic mass is 16.5. The van der Waals surface area contributed by atoms with Crippen LogP contribution in [-0.4, -0.2) is 16.2 Å². The Labute approximate surface area is 87.8 Å². The van der Waals surface area contributed by atoms with Crippen LogP contribution >= 0.6 is 0 Å². The lowest BCUT2D eigenvalue weighted by Gasteiger charge is -2.02. The van der Waals surface area contributed by atoms with Gasteiger partial charge in [-0.2, -0.15) is 0 Å². The zero-order valence-electron chi connectivity index (χ0n) is 8.40. The summed E-state index contributed by atoms with van der Waals surface area (Å²) in [5.41, 5.74) is 4.17. The van der Waals surface area contributed by atoms with E-state index in [1.165, 1.54) is 11.6 Å². The highest BCUT2D eigenvalue weighted by Crippen LogP contribution is 2.12. The number of hydroxylamine groups is 1. The number of aryl methyl sites for hydroxylation is 1. The molecule has 0 aromatic heterocycles. The number of benzene rings is 1. The summed E-state index contributed by atoms with van der Waals surface area (Å²) in [5, 5.41) is 17.2. The van der Waals surface area contributed by atoms with E-state index in [2.05, 4.69) is 0 Å². The van der Waals surface area contributed by atoms with Gasteiger partial charge in [0.1, 0.15) is 0 Å². The molecule has 1 aromatic rings. The van der Waals surface area contributed by atoms with Crippen LogP contribution in [-0.2, 0) is 11.4 Å². The maximum Gasteiger partial charge on any atom is 0.267 e. The molecule has 0 atom stereocenters. The molecule has 3 N–H and O–H groups in total. The predicted molar refractivity (Wildman–Crippen MR) is 56.1 cm³/mol. The largest absolute Gasteiger partial charge is 0.392 e. The van der Waals surface area contributed by atoms with Crippen LogP contribution in [0.25, 0.3) is 6.08 Å². The van der Waals surface area contributed by atoms with Gasteiger partial charge >= 0.3 is 0 Å². The maximum absolute atomic E-state index is 10.7. The second-order valence-electron chi connectivity index (χ2n) is 3.15. The lowest BCUT2D eigenvalue weighted by molar-refractivity contribution is -0.124. The summed E-state index contributed by atoms with van der Waals surface area (Å²) >= 11 is 0. The SMILES string of the molecule is Cc1cc(C=CC(=O)NO)ccc1CO. The van der Waals surface area contributed by atoms with Gasteiger partial charge in [-0.1, -0.05) is 18.2 Å². The van der Waals surface area contributed by atoms with Crippen molar-refractivity contribution in [2.75, 3.05) is 0 Å². The standard InChI is InChI=1S/C11H13NO3/c1-8-6-9(2-4-10(8)7-13)3-5-11(14)12-15/h2-6,13,15H,7H2,1H3,(H,12,14). The van der Waals surface area contributed by atoms with Gasteiger partial charge in [0.05, 0.1) is 6.61 Å². The van der Waals surface area contributed by atoms with Crippen molar-refractivity contribution in [3.05, 3.63) is 41.0 Å². The molecule has 1 aromatic carbocycles. The zero-order chi connectivity index (χ0) is 11.3. The van der Waals surface area contributed by atoms with Gasteiger partial charge < -0.3 is 5.11 Å². The predicted octanol–water partition coefficient (Wildman–Crippen LogP) is 1.01. The molecule has 0 heterocycles. The molecule has 0 saturated carbocycles. The molecule has 1 amide bonds. The van der Waals surface area contributed by atoms with Crippen LogP contribution in [0.15, 0.2) is 24.3 Å². The van der Waals surface area contributed by atoms with Crippen LogP contribution in [0.2, 0.25) is 0 Å². The highest BCUT2D eigenvalue weighted by molar-refractivity contribution is 5.90. The number of amides is 1. The Morgan fingerprint density at radius 1 is 1.53 bits per heavy atom. The Morgan fingerprint density at radius 3 is 2.80 bits per heavy atom. The summed E-state index contributed by atoms with van der Waals surface area (Å²) in [6.45, 7) is 1.89. The third-order valence-electron chi connectivity index (χ3n) is 2.07. The smallest absolute Gasteiger partial charge is 0.267 e. The summed E-state index contributed by atoms with van der Waals surface area (Å²) < 4.78 is 0. The summed E-state index contributed by atoms with van der Waals surface area (Å²) in [4.78, 5) is 10.7. The quantitative estimate of drug-likeness (QED) is 0.393. The lowest BCUT2D eigenvalue weighted by atomic mass is 10.1. The van der Waals surface area contributed by atoms with Crippen molar-refractivity contribution < 1.29 is 15.1 Å². The Morgan fingerprint density at radius 2 is 2.27 bits per heavy atom. The molecule has 0 aliphatic heterocycles. The van der Waals surface area contributed by atoms with Gasteiger partial charge in [-0.25, -0.2) is 5.48 Å². The molecular weight excluding hydrogens is 194 g/mol. The van der Waals surface area contributed by atoms with Gasteiger partial charge in [-0.05, 0) is 29.7 Å². The number of hydrogen-bond donors (Lipinski definition) is 3. The topological polar surface area (TPSA) is 69.6 Å². The monoisotopic (exact) mass is 207 g/mol. The van der Waals surface area contributed by atoms with Crippen LogP contribution in [0.5, 0.6) is 0 Å². The minimum Gasteiger partial charge on any atom is -0.392 e. The number of carbonyl (C=O) groups is 1. The molecule has 80 valence electrons. The summed E-state index contributed by atoms with van der Waals surface area (Å²) in [7, 11) is 0. The van der Waals surface area contributed by atoms with E-state index in [0.29, 0.717) is 0 Å². The number of aliphatic hydroxyl groups is 1. The van der Waals surface area contributed by atoms with Crippen molar-refractivity contribution in [1.29, 1.82) is 0 Å². The molecule has 0 radical (unpaired) electrons. The number of carbonyl (C=O) groups excluding carboxylic acids is 1.